The largest absolute Gasteiger partial charge is 0.477 e. The molecule has 3 rings (SSSR count). The number of anilines is 1. The Bertz CT molecular complexity index is 831. The molecular weight excluding hydrogens is 267 g/mol. The zero-order valence-electron chi connectivity index (χ0n) is 9.86. The van der Waals surface area contributed by atoms with Gasteiger partial charge in [-0.15, -0.1) is 0 Å². The summed E-state index contributed by atoms with van der Waals surface area (Å²) in [6.45, 7) is 0. The first kappa shape index (κ1) is 12.0. The standard InChI is InChI=1S/C11H7FN6O2/c12-6-1-5(2-14-3-6)8-16-9-7(10(19)20)4-15-18(9)11(13)17-8/h1-4H,(H,19,20)(H2,13,16,17). The fraction of sp³-hybridized carbons (Fsp3) is 0. The number of carboxylic acid groups (broad SMARTS) is 1. The number of rotatable bonds is 2. The van der Waals surface area contributed by atoms with Gasteiger partial charge < -0.3 is 10.8 Å². The number of carboxylic acids is 1. The fourth-order valence-corrected chi connectivity index (χ4v) is 1.71. The van der Waals surface area contributed by atoms with Gasteiger partial charge in [0.15, 0.2) is 11.5 Å². The van der Waals surface area contributed by atoms with E-state index in [1.165, 1.54) is 12.3 Å². The van der Waals surface area contributed by atoms with Crippen molar-refractivity contribution in [3.05, 3.63) is 36.0 Å². The normalized spacial score (nSPS) is 10.8. The second kappa shape index (κ2) is 4.23. The third-order valence-corrected chi connectivity index (χ3v) is 2.59. The smallest absolute Gasteiger partial charge is 0.341 e. The lowest BCUT2D eigenvalue weighted by Gasteiger charge is -2.03. The van der Waals surface area contributed by atoms with Gasteiger partial charge in [-0.1, -0.05) is 0 Å². The molecule has 20 heavy (non-hydrogen) atoms. The van der Waals surface area contributed by atoms with Crippen molar-refractivity contribution in [2.24, 2.45) is 0 Å². The number of nitrogens with two attached hydrogens (primary N) is 1. The summed E-state index contributed by atoms with van der Waals surface area (Å²) >= 11 is 0. The molecule has 0 radical (unpaired) electrons. The second-order valence-electron chi connectivity index (χ2n) is 3.90. The maximum absolute atomic E-state index is 13.2. The Morgan fingerprint density at radius 2 is 2.10 bits per heavy atom. The molecule has 9 heteroatoms. The van der Waals surface area contributed by atoms with Gasteiger partial charge in [0, 0.05) is 11.8 Å². The van der Waals surface area contributed by atoms with Crippen molar-refractivity contribution in [3.8, 4) is 11.4 Å². The van der Waals surface area contributed by atoms with E-state index in [2.05, 4.69) is 20.1 Å². The van der Waals surface area contributed by atoms with Gasteiger partial charge in [-0.05, 0) is 6.07 Å². The van der Waals surface area contributed by atoms with Crippen LogP contribution in [-0.2, 0) is 0 Å². The van der Waals surface area contributed by atoms with Crippen molar-refractivity contribution < 1.29 is 14.3 Å². The highest BCUT2D eigenvalue weighted by molar-refractivity contribution is 5.94. The predicted octanol–water partition coefficient (Wildman–Crippen LogP) is 0.606. The third-order valence-electron chi connectivity index (χ3n) is 2.59. The van der Waals surface area contributed by atoms with Crippen LogP contribution in [0, 0.1) is 5.82 Å². The number of nitrogen functional groups attached to an aromatic ring is 1. The Hall–Kier alpha value is -3.10. The molecule has 0 fully saturated rings. The van der Waals surface area contributed by atoms with Crippen LogP contribution < -0.4 is 5.73 Å². The van der Waals surface area contributed by atoms with Crippen molar-refractivity contribution in [1.82, 2.24) is 24.6 Å². The summed E-state index contributed by atoms with van der Waals surface area (Å²) in [4.78, 5) is 22.7. The lowest BCUT2D eigenvalue weighted by atomic mass is 10.2. The maximum atomic E-state index is 13.2. The first-order chi connectivity index (χ1) is 9.56. The van der Waals surface area contributed by atoms with Crippen molar-refractivity contribution in [1.29, 1.82) is 0 Å². The molecule has 8 nitrogen and oxygen atoms in total. The summed E-state index contributed by atoms with van der Waals surface area (Å²) in [7, 11) is 0. The Labute approximate surface area is 110 Å². The van der Waals surface area contributed by atoms with Crippen LogP contribution in [0.2, 0.25) is 0 Å². The first-order valence-corrected chi connectivity index (χ1v) is 5.42. The van der Waals surface area contributed by atoms with Crippen LogP contribution in [-0.4, -0.2) is 35.6 Å². The number of aromatic carboxylic acids is 1. The van der Waals surface area contributed by atoms with E-state index in [-0.39, 0.29) is 28.5 Å². The van der Waals surface area contributed by atoms with Gasteiger partial charge in [-0.2, -0.15) is 14.6 Å². The molecule has 3 N–H and O–H groups in total. The molecule has 0 aromatic carbocycles. The van der Waals surface area contributed by atoms with E-state index in [1.54, 1.807) is 0 Å². The van der Waals surface area contributed by atoms with Gasteiger partial charge >= 0.3 is 5.97 Å². The molecule has 3 aromatic rings. The van der Waals surface area contributed by atoms with Gasteiger partial charge in [0.05, 0.1) is 12.4 Å². The minimum atomic E-state index is -1.19. The van der Waals surface area contributed by atoms with Crippen LogP contribution in [0.4, 0.5) is 10.3 Å². The third kappa shape index (κ3) is 1.81. The van der Waals surface area contributed by atoms with Crippen molar-refractivity contribution >= 4 is 17.6 Å². The highest BCUT2D eigenvalue weighted by Crippen LogP contribution is 2.19. The highest BCUT2D eigenvalue weighted by Gasteiger charge is 2.17. The lowest BCUT2D eigenvalue weighted by Crippen LogP contribution is -2.07. The average molecular weight is 274 g/mol. The van der Waals surface area contributed by atoms with Crippen LogP contribution in [0.15, 0.2) is 24.7 Å². The van der Waals surface area contributed by atoms with Gasteiger partial charge in [0.1, 0.15) is 11.4 Å². The van der Waals surface area contributed by atoms with Crippen LogP contribution in [0.5, 0.6) is 0 Å². The molecule has 0 aliphatic heterocycles. The summed E-state index contributed by atoms with van der Waals surface area (Å²) in [5, 5.41) is 12.8. The SMILES string of the molecule is Nc1nc(-c2cncc(F)c2)nc2c(C(=O)O)cnn12. The van der Waals surface area contributed by atoms with E-state index in [4.69, 9.17) is 10.8 Å². The summed E-state index contributed by atoms with van der Waals surface area (Å²) < 4.78 is 14.3. The van der Waals surface area contributed by atoms with Crippen molar-refractivity contribution in [2.75, 3.05) is 5.73 Å². The minimum Gasteiger partial charge on any atom is -0.477 e. The zero-order chi connectivity index (χ0) is 14.3. The molecule has 100 valence electrons. The number of nitrogens with zero attached hydrogens (tertiary/aromatic N) is 5. The minimum absolute atomic E-state index is 0.0317. The van der Waals surface area contributed by atoms with Crippen LogP contribution in [0.3, 0.4) is 0 Å². The maximum Gasteiger partial charge on any atom is 0.341 e. The number of aromatic nitrogens is 5. The molecule has 0 spiro atoms. The van der Waals surface area contributed by atoms with Gasteiger partial charge in [-0.25, -0.2) is 14.2 Å². The molecule has 3 aromatic heterocycles. The molecule has 0 unspecified atom stereocenters. The van der Waals surface area contributed by atoms with E-state index in [0.717, 1.165) is 16.9 Å². The second-order valence-corrected chi connectivity index (χ2v) is 3.90. The molecule has 0 bridgehead atoms. The number of fused-ring (bicyclic) bond motifs is 1. The van der Waals surface area contributed by atoms with Crippen molar-refractivity contribution in [2.45, 2.75) is 0 Å². The van der Waals surface area contributed by atoms with Gasteiger partial charge in [0.25, 0.3) is 0 Å². The molecule has 0 atom stereocenters. The Morgan fingerprint density at radius 1 is 1.30 bits per heavy atom. The summed E-state index contributed by atoms with van der Waals surface area (Å²) in [6.07, 6.45) is 3.51. The van der Waals surface area contributed by atoms with E-state index < -0.39 is 11.8 Å². The topological polar surface area (TPSA) is 119 Å². The van der Waals surface area contributed by atoms with E-state index in [0.29, 0.717) is 0 Å². The van der Waals surface area contributed by atoms with Crippen LogP contribution in [0.1, 0.15) is 10.4 Å². The number of hydrogen-bond acceptors (Lipinski definition) is 6. The van der Waals surface area contributed by atoms with Crippen LogP contribution in [0.25, 0.3) is 17.0 Å². The van der Waals surface area contributed by atoms with Crippen molar-refractivity contribution in [3.63, 3.8) is 0 Å². The summed E-state index contributed by atoms with van der Waals surface area (Å²) in [5.74, 6) is -1.73. The van der Waals surface area contributed by atoms with Gasteiger partial charge in [-0.3, -0.25) is 4.98 Å². The van der Waals surface area contributed by atoms with E-state index in [1.807, 2.05) is 0 Å². The average Bonchev–Trinajstić information content (AvgIpc) is 2.83. The quantitative estimate of drug-likeness (QED) is 0.702. The predicted molar refractivity (Wildman–Crippen MR) is 65.3 cm³/mol. The lowest BCUT2D eigenvalue weighted by molar-refractivity contribution is 0.0699. The number of halogens is 1. The summed E-state index contributed by atoms with van der Waals surface area (Å²) in [5.41, 5.74) is 5.89. The molecule has 0 aliphatic rings. The fourth-order valence-electron chi connectivity index (χ4n) is 1.71. The van der Waals surface area contributed by atoms with E-state index in [9.17, 15) is 9.18 Å². The summed E-state index contributed by atoms with van der Waals surface area (Å²) in [6, 6.07) is 1.18. The monoisotopic (exact) mass is 274 g/mol. The van der Waals surface area contributed by atoms with Crippen LogP contribution >= 0.6 is 0 Å². The molecular formula is C11H7FN6O2. The first-order valence-electron chi connectivity index (χ1n) is 5.42. The Kier molecular flexibility index (Phi) is 2.53. The molecule has 0 saturated heterocycles. The number of carbonyl (C=O) groups is 1. The van der Waals surface area contributed by atoms with E-state index >= 15 is 0 Å². The molecule has 0 amide bonds. The Balaban J connectivity index is 2.27. The molecule has 0 aliphatic carbocycles. The van der Waals surface area contributed by atoms with Gasteiger partial charge in [0.2, 0.25) is 5.95 Å². The zero-order valence-corrected chi connectivity index (χ0v) is 9.86. The Morgan fingerprint density at radius 3 is 2.80 bits per heavy atom. The number of hydrogen-bond donors (Lipinski definition) is 2. The molecule has 0 saturated carbocycles. The molecule has 3 heterocycles. The highest BCUT2D eigenvalue weighted by atomic mass is 19.1. The number of pyridine rings is 1.